The molecule has 0 radical (unpaired) electrons. The van der Waals surface area contributed by atoms with Crippen molar-refractivity contribution in [1.82, 2.24) is 0 Å². The number of esters is 1. The van der Waals surface area contributed by atoms with Gasteiger partial charge in [0.05, 0.1) is 23.1 Å². The molecule has 2 aliphatic rings. The lowest BCUT2D eigenvalue weighted by molar-refractivity contribution is -0.122. The molecule has 2 fully saturated rings. The number of hydrogen-bond acceptors (Lipinski definition) is 5. The van der Waals surface area contributed by atoms with Crippen molar-refractivity contribution in [2.45, 2.75) is 26.2 Å². The maximum absolute atomic E-state index is 12.8. The number of imide groups is 1. The van der Waals surface area contributed by atoms with Crippen molar-refractivity contribution >= 4 is 51.0 Å². The van der Waals surface area contributed by atoms with Gasteiger partial charge in [-0.15, -0.1) is 0 Å². The second-order valence-corrected chi connectivity index (χ2v) is 9.24. The number of benzene rings is 2. The van der Waals surface area contributed by atoms with Gasteiger partial charge < -0.3 is 10.1 Å². The van der Waals surface area contributed by atoms with Crippen molar-refractivity contribution < 1.29 is 23.9 Å². The highest BCUT2D eigenvalue weighted by Crippen LogP contribution is 2.42. The predicted octanol–water partition coefficient (Wildman–Crippen LogP) is 4.17. The van der Waals surface area contributed by atoms with Crippen molar-refractivity contribution in [3.8, 4) is 0 Å². The van der Waals surface area contributed by atoms with Crippen LogP contribution >= 0.6 is 15.9 Å². The summed E-state index contributed by atoms with van der Waals surface area (Å²) in [7, 11) is 0. The summed E-state index contributed by atoms with van der Waals surface area (Å²) in [6.45, 7) is 1.68. The maximum atomic E-state index is 12.8. The maximum Gasteiger partial charge on any atom is 0.338 e. The van der Waals surface area contributed by atoms with Crippen LogP contribution in [0.5, 0.6) is 0 Å². The lowest BCUT2D eigenvalue weighted by atomic mass is 9.76. The van der Waals surface area contributed by atoms with Gasteiger partial charge in [-0.1, -0.05) is 22.9 Å². The first-order valence-corrected chi connectivity index (χ1v) is 11.3. The molecule has 0 bridgehead atoms. The number of anilines is 2. The van der Waals surface area contributed by atoms with Crippen LogP contribution in [-0.2, 0) is 19.1 Å². The minimum atomic E-state index is -0.663. The third-order valence-electron chi connectivity index (χ3n) is 6.01. The number of carbonyl (C=O) groups excluding carboxylic acids is 4. The number of hydrogen-bond donors (Lipinski definition) is 1. The number of nitrogens with one attached hydrogen (secondary N) is 1. The Balaban J connectivity index is 1.35. The van der Waals surface area contributed by atoms with Crippen LogP contribution in [0.2, 0.25) is 0 Å². The summed E-state index contributed by atoms with van der Waals surface area (Å²) in [6, 6.07) is 13.1. The van der Waals surface area contributed by atoms with E-state index >= 15 is 0 Å². The number of ether oxygens (including phenoxy) is 1. The van der Waals surface area contributed by atoms with Gasteiger partial charge in [-0.25, -0.2) is 4.79 Å². The van der Waals surface area contributed by atoms with E-state index in [0.717, 1.165) is 23.7 Å². The summed E-state index contributed by atoms with van der Waals surface area (Å²) < 4.78 is 5.96. The zero-order valence-electron chi connectivity index (χ0n) is 17.5. The van der Waals surface area contributed by atoms with E-state index in [4.69, 9.17) is 4.74 Å². The summed E-state index contributed by atoms with van der Waals surface area (Å²) >= 11 is 3.32. The average Bonchev–Trinajstić information content (AvgIpc) is 3.03. The van der Waals surface area contributed by atoms with Gasteiger partial charge in [0, 0.05) is 10.2 Å². The number of nitrogens with zero attached hydrogens (tertiary/aromatic N) is 1. The molecule has 0 unspecified atom stereocenters. The lowest BCUT2D eigenvalue weighted by Crippen LogP contribution is -2.30. The molecule has 166 valence electrons. The van der Waals surface area contributed by atoms with Crippen LogP contribution in [-0.4, -0.2) is 30.3 Å². The van der Waals surface area contributed by atoms with Crippen molar-refractivity contribution in [1.29, 1.82) is 0 Å². The first-order valence-electron chi connectivity index (χ1n) is 10.5. The van der Waals surface area contributed by atoms with Gasteiger partial charge in [-0.3, -0.25) is 19.3 Å². The van der Waals surface area contributed by atoms with Crippen LogP contribution in [0.3, 0.4) is 0 Å². The Hall–Kier alpha value is -3.00. The van der Waals surface area contributed by atoms with Gasteiger partial charge in [-0.05, 0) is 73.7 Å². The molecule has 1 N–H and O–H groups in total. The van der Waals surface area contributed by atoms with E-state index in [2.05, 4.69) is 28.2 Å². The highest BCUT2D eigenvalue weighted by atomic mass is 79.9. The molecule has 1 aliphatic carbocycles. The summed E-state index contributed by atoms with van der Waals surface area (Å²) in [5.74, 6) is -1.50. The Labute approximate surface area is 194 Å². The van der Waals surface area contributed by atoms with E-state index in [1.165, 1.54) is 17.0 Å². The molecule has 0 aromatic heterocycles. The molecule has 32 heavy (non-hydrogen) atoms. The van der Waals surface area contributed by atoms with Gasteiger partial charge in [-0.2, -0.15) is 0 Å². The third kappa shape index (κ3) is 4.60. The van der Waals surface area contributed by atoms with Gasteiger partial charge in [0.25, 0.3) is 5.91 Å². The number of amides is 3. The molecule has 1 saturated heterocycles. The van der Waals surface area contributed by atoms with E-state index in [-0.39, 0.29) is 29.2 Å². The second kappa shape index (κ2) is 9.24. The fraction of sp³-hybridized carbons (Fsp3) is 0.333. The van der Waals surface area contributed by atoms with Gasteiger partial charge in [0.1, 0.15) is 0 Å². The first-order chi connectivity index (χ1) is 15.3. The first kappa shape index (κ1) is 22.2. The monoisotopic (exact) mass is 498 g/mol. The van der Waals surface area contributed by atoms with Crippen molar-refractivity contribution in [3.63, 3.8) is 0 Å². The molecule has 2 aromatic rings. The standard InChI is InChI=1S/C24H23BrN2O5/c1-14-2-11-19-20(12-14)23(30)27(22(19)29)18-9-3-15(4-10-18)24(31)32-13-21(28)26-17-7-5-16(25)6-8-17/h3-10,14,19-20H,2,11-13H2,1H3,(H,26,28)/t14-,19+,20-/m1/s1. The van der Waals surface area contributed by atoms with E-state index in [1.54, 1.807) is 36.4 Å². The Kier molecular flexibility index (Phi) is 6.41. The highest BCUT2D eigenvalue weighted by molar-refractivity contribution is 9.10. The molecule has 0 spiro atoms. The van der Waals surface area contributed by atoms with Crippen molar-refractivity contribution in [3.05, 3.63) is 58.6 Å². The minimum absolute atomic E-state index is 0.160. The van der Waals surface area contributed by atoms with Crippen molar-refractivity contribution in [2.75, 3.05) is 16.8 Å². The molecule has 7 nitrogen and oxygen atoms in total. The SMILES string of the molecule is C[C@@H]1CC[C@@H]2C(=O)N(c3ccc(C(=O)OCC(=O)Nc4ccc(Br)cc4)cc3)C(=O)[C@@H]2C1. The Morgan fingerprint density at radius 2 is 1.66 bits per heavy atom. The summed E-state index contributed by atoms with van der Waals surface area (Å²) in [6.07, 6.45) is 2.42. The second-order valence-electron chi connectivity index (χ2n) is 8.32. The summed E-state index contributed by atoms with van der Waals surface area (Å²) in [5, 5.41) is 2.64. The molecule has 2 aromatic carbocycles. The minimum Gasteiger partial charge on any atom is -0.452 e. The zero-order chi connectivity index (χ0) is 22.8. The van der Waals surface area contributed by atoms with E-state index in [9.17, 15) is 19.2 Å². The van der Waals surface area contributed by atoms with Crippen LogP contribution in [0.1, 0.15) is 36.5 Å². The van der Waals surface area contributed by atoms with Crippen LogP contribution in [0, 0.1) is 17.8 Å². The van der Waals surface area contributed by atoms with Gasteiger partial charge in [0.2, 0.25) is 11.8 Å². The van der Waals surface area contributed by atoms with Crippen LogP contribution in [0.25, 0.3) is 0 Å². The summed E-state index contributed by atoms with van der Waals surface area (Å²) in [5.41, 5.74) is 1.27. The predicted molar refractivity (Wildman–Crippen MR) is 122 cm³/mol. The average molecular weight is 499 g/mol. The molecule has 3 amide bonds. The number of carbonyl (C=O) groups is 4. The third-order valence-corrected chi connectivity index (χ3v) is 6.54. The smallest absolute Gasteiger partial charge is 0.338 e. The fourth-order valence-electron chi connectivity index (χ4n) is 4.34. The van der Waals surface area contributed by atoms with E-state index in [0.29, 0.717) is 17.3 Å². The van der Waals surface area contributed by atoms with E-state index in [1.807, 2.05) is 0 Å². The van der Waals surface area contributed by atoms with E-state index < -0.39 is 18.5 Å². The molecule has 4 rings (SSSR count). The fourth-order valence-corrected chi connectivity index (χ4v) is 4.60. The highest BCUT2D eigenvalue weighted by Gasteiger charge is 2.49. The van der Waals surface area contributed by atoms with Crippen LogP contribution in [0.4, 0.5) is 11.4 Å². The quantitative estimate of drug-likeness (QED) is 0.493. The Morgan fingerprint density at radius 1 is 1.00 bits per heavy atom. The molecule has 8 heteroatoms. The van der Waals surface area contributed by atoms with Crippen molar-refractivity contribution in [2.24, 2.45) is 17.8 Å². The number of halogens is 1. The van der Waals surface area contributed by atoms with Gasteiger partial charge >= 0.3 is 5.97 Å². The zero-order valence-corrected chi connectivity index (χ0v) is 19.1. The largest absolute Gasteiger partial charge is 0.452 e. The molecule has 1 aliphatic heterocycles. The Morgan fingerprint density at radius 3 is 2.34 bits per heavy atom. The van der Waals surface area contributed by atoms with Crippen LogP contribution < -0.4 is 10.2 Å². The molecule has 3 atom stereocenters. The normalized spacial score (nSPS) is 22.4. The van der Waals surface area contributed by atoms with Gasteiger partial charge in [0.15, 0.2) is 6.61 Å². The topological polar surface area (TPSA) is 92.8 Å². The Bertz CT molecular complexity index is 1050. The molecule has 1 heterocycles. The molecule has 1 saturated carbocycles. The molecular weight excluding hydrogens is 476 g/mol. The lowest BCUT2D eigenvalue weighted by Gasteiger charge is -2.25. The number of rotatable bonds is 5. The van der Waals surface area contributed by atoms with Crippen LogP contribution in [0.15, 0.2) is 53.0 Å². The number of fused-ring (bicyclic) bond motifs is 1. The molecular formula is C24H23BrN2O5. The summed E-state index contributed by atoms with van der Waals surface area (Å²) in [4.78, 5) is 51.2.